The summed E-state index contributed by atoms with van der Waals surface area (Å²) in [5.74, 6) is 1.51. The van der Waals surface area contributed by atoms with Gasteiger partial charge in [-0.2, -0.15) is 0 Å². The normalized spacial score (nSPS) is 31.9. The molecule has 1 nitrogen and oxygen atoms in total. The summed E-state index contributed by atoms with van der Waals surface area (Å²) in [6, 6.07) is 0. The van der Waals surface area contributed by atoms with Crippen molar-refractivity contribution >= 4 is 0 Å². The summed E-state index contributed by atoms with van der Waals surface area (Å²) < 4.78 is 0. The van der Waals surface area contributed by atoms with Gasteiger partial charge in [-0.1, -0.05) is 39.8 Å². The fourth-order valence-electron chi connectivity index (χ4n) is 3.79. The minimum Gasteiger partial charge on any atom is -0.377 e. The minimum absolute atomic E-state index is 0.341. The van der Waals surface area contributed by atoms with Crippen LogP contribution in [0.2, 0.25) is 0 Å². The van der Waals surface area contributed by atoms with E-state index in [1.807, 2.05) is 0 Å². The van der Waals surface area contributed by atoms with E-state index in [0.717, 1.165) is 11.8 Å². The van der Waals surface area contributed by atoms with Gasteiger partial charge in [-0.05, 0) is 42.6 Å². The zero-order valence-corrected chi connectivity index (χ0v) is 12.8. The largest absolute Gasteiger partial charge is 0.377 e. The van der Waals surface area contributed by atoms with E-state index in [1.165, 1.54) is 32.2 Å². The Morgan fingerprint density at radius 2 is 2.11 bits per heavy atom. The fourth-order valence-corrected chi connectivity index (χ4v) is 3.79. The molecule has 0 fully saturated rings. The summed E-state index contributed by atoms with van der Waals surface area (Å²) in [5, 5.41) is 0. The second kappa shape index (κ2) is 5.11. The monoisotopic (exact) mass is 247 g/mol. The molecular weight excluding hydrogens is 218 g/mol. The molecule has 18 heavy (non-hydrogen) atoms. The van der Waals surface area contributed by atoms with Gasteiger partial charge in [-0.25, -0.2) is 0 Å². The quantitative estimate of drug-likeness (QED) is 0.654. The summed E-state index contributed by atoms with van der Waals surface area (Å²) in [5.41, 5.74) is 3.59. The van der Waals surface area contributed by atoms with Gasteiger partial charge in [0.2, 0.25) is 0 Å². The lowest BCUT2D eigenvalue weighted by Crippen LogP contribution is -2.28. The molecule has 0 spiro atoms. The minimum atomic E-state index is 0.341. The Kier molecular flexibility index (Phi) is 3.89. The average molecular weight is 247 g/mol. The number of hydrogen-bond donors (Lipinski definition) is 0. The Labute approximate surface area is 113 Å². The van der Waals surface area contributed by atoms with Crippen molar-refractivity contribution < 1.29 is 0 Å². The maximum Gasteiger partial charge on any atom is 0.0202 e. The number of allylic oxidation sites excluding steroid dienone is 4. The first-order valence-corrected chi connectivity index (χ1v) is 7.59. The lowest BCUT2D eigenvalue weighted by Gasteiger charge is -2.34. The molecule has 1 aliphatic carbocycles. The standard InChI is InChI=1S/C17H29N/c1-6-14-13(2)9-7-10-15-16(14)18(5)12-8-11-17(15,3)4/h7,10,13-14H,6,8-9,11-12H2,1-5H3. The molecule has 0 aromatic carbocycles. The molecule has 1 heteroatoms. The molecule has 0 aromatic rings. The van der Waals surface area contributed by atoms with Crippen LogP contribution in [0.1, 0.15) is 53.4 Å². The lowest BCUT2D eigenvalue weighted by molar-refractivity contribution is 0.296. The highest BCUT2D eigenvalue weighted by Gasteiger charge is 2.34. The Balaban J connectivity index is 2.53. The van der Waals surface area contributed by atoms with Gasteiger partial charge in [0.1, 0.15) is 0 Å². The molecular formula is C17H29N. The van der Waals surface area contributed by atoms with Gasteiger partial charge in [-0.3, -0.25) is 0 Å². The summed E-state index contributed by atoms with van der Waals surface area (Å²) in [6.45, 7) is 10.8. The number of nitrogens with zero attached hydrogens (tertiary/aromatic N) is 1. The van der Waals surface area contributed by atoms with E-state index in [2.05, 4.69) is 51.8 Å². The van der Waals surface area contributed by atoms with E-state index in [0.29, 0.717) is 5.41 Å². The van der Waals surface area contributed by atoms with Gasteiger partial charge < -0.3 is 4.90 Å². The Bertz CT molecular complexity index is 362. The third kappa shape index (κ3) is 2.37. The van der Waals surface area contributed by atoms with Gasteiger partial charge in [0.05, 0.1) is 0 Å². The molecule has 1 heterocycles. The SMILES string of the molecule is CCC1C2=C(C=CCC1C)C(C)(C)CCCN2C. The Hall–Kier alpha value is -0.720. The smallest absolute Gasteiger partial charge is 0.0202 e. The van der Waals surface area contributed by atoms with Gasteiger partial charge in [0, 0.05) is 25.2 Å². The molecule has 2 atom stereocenters. The van der Waals surface area contributed by atoms with Crippen LogP contribution in [0.4, 0.5) is 0 Å². The molecule has 0 N–H and O–H groups in total. The second-order valence-corrected chi connectivity index (χ2v) is 6.84. The van der Waals surface area contributed by atoms with Crippen molar-refractivity contribution in [3.63, 3.8) is 0 Å². The van der Waals surface area contributed by atoms with Crippen molar-refractivity contribution in [1.29, 1.82) is 0 Å². The second-order valence-electron chi connectivity index (χ2n) is 6.84. The van der Waals surface area contributed by atoms with Crippen LogP contribution in [0.15, 0.2) is 23.4 Å². The first-order valence-electron chi connectivity index (χ1n) is 7.59. The number of hydrogen-bond acceptors (Lipinski definition) is 1. The third-order valence-electron chi connectivity index (χ3n) is 4.98. The van der Waals surface area contributed by atoms with E-state index in [4.69, 9.17) is 0 Å². The van der Waals surface area contributed by atoms with Crippen LogP contribution >= 0.6 is 0 Å². The predicted octanol–water partition coefficient (Wildman–Crippen LogP) is 4.61. The van der Waals surface area contributed by atoms with Crippen molar-refractivity contribution in [2.45, 2.75) is 53.4 Å². The highest BCUT2D eigenvalue weighted by Crippen LogP contribution is 2.44. The summed E-state index contributed by atoms with van der Waals surface area (Å²) in [6.07, 6.45) is 9.97. The van der Waals surface area contributed by atoms with Crippen LogP contribution in [-0.2, 0) is 0 Å². The van der Waals surface area contributed by atoms with E-state index >= 15 is 0 Å². The van der Waals surface area contributed by atoms with Crippen LogP contribution in [-0.4, -0.2) is 18.5 Å². The molecule has 2 unspecified atom stereocenters. The predicted molar refractivity (Wildman–Crippen MR) is 79.4 cm³/mol. The highest BCUT2D eigenvalue weighted by atomic mass is 15.1. The van der Waals surface area contributed by atoms with E-state index in [9.17, 15) is 0 Å². The van der Waals surface area contributed by atoms with Crippen molar-refractivity contribution in [1.82, 2.24) is 4.90 Å². The summed E-state index contributed by atoms with van der Waals surface area (Å²) >= 11 is 0. The van der Waals surface area contributed by atoms with E-state index in [-0.39, 0.29) is 0 Å². The lowest BCUT2D eigenvalue weighted by atomic mass is 9.77. The van der Waals surface area contributed by atoms with Gasteiger partial charge in [-0.15, -0.1) is 0 Å². The topological polar surface area (TPSA) is 3.24 Å². The first kappa shape index (κ1) is 13.7. The van der Waals surface area contributed by atoms with Crippen molar-refractivity contribution in [2.75, 3.05) is 13.6 Å². The van der Waals surface area contributed by atoms with Crippen LogP contribution in [0, 0.1) is 17.3 Å². The molecule has 0 amide bonds. The Morgan fingerprint density at radius 3 is 2.78 bits per heavy atom. The van der Waals surface area contributed by atoms with Crippen molar-refractivity contribution in [3.05, 3.63) is 23.4 Å². The van der Waals surface area contributed by atoms with Gasteiger partial charge in [0.25, 0.3) is 0 Å². The molecule has 0 bridgehead atoms. The number of rotatable bonds is 1. The molecule has 0 saturated heterocycles. The molecule has 0 saturated carbocycles. The molecule has 1 aliphatic heterocycles. The van der Waals surface area contributed by atoms with Gasteiger partial charge >= 0.3 is 0 Å². The molecule has 2 aliphatic rings. The van der Waals surface area contributed by atoms with E-state index in [1.54, 1.807) is 11.3 Å². The average Bonchev–Trinajstić information content (AvgIpc) is 2.52. The van der Waals surface area contributed by atoms with Crippen molar-refractivity contribution in [3.8, 4) is 0 Å². The maximum absolute atomic E-state index is 2.55. The highest BCUT2D eigenvalue weighted by molar-refractivity contribution is 5.35. The van der Waals surface area contributed by atoms with Crippen LogP contribution in [0.5, 0.6) is 0 Å². The van der Waals surface area contributed by atoms with Crippen LogP contribution in [0.25, 0.3) is 0 Å². The van der Waals surface area contributed by atoms with E-state index < -0.39 is 0 Å². The maximum atomic E-state index is 2.55. The fraction of sp³-hybridized carbons (Fsp3) is 0.765. The zero-order chi connectivity index (χ0) is 13.3. The van der Waals surface area contributed by atoms with Gasteiger partial charge in [0.15, 0.2) is 0 Å². The summed E-state index contributed by atoms with van der Waals surface area (Å²) in [7, 11) is 2.30. The van der Waals surface area contributed by atoms with Crippen LogP contribution in [0.3, 0.4) is 0 Å². The Morgan fingerprint density at radius 1 is 1.39 bits per heavy atom. The summed E-state index contributed by atoms with van der Waals surface area (Å²) in [4.78, 5) is 2.55. The molecule has 0 radical (unpaired) electrons. The molecule has 102 valence electrons. The third-order valence-corrected chi connectivity index (χ3v) is 4.98. The zero-order valence-electron chi connectivity index (χ0n) is 12.8. The first-order chi connectivity index (χ1) is 8.47. The molecule has 0 aromatic heterocycles. The van der Waals surface area contributed by atoms with Crippen molar-refractivity contribution in [2.24, 2.45) is 17.3 Å². The van der Waals surface area contributed by atoms with Crippen LogP contribution < -0.4 is 0 Å². The molecule has 2 rings (SSSR count).